The van der Waals surface area contributed by atoms with E-state index in [4.69, 9.17) is 11.6 Å². The second-order valence-electron chi connectivity index (χ2n) is 2.95. The molecule has 0 radical (unpaired) electrons. The summed E-state index contributed by atoms with van der Waals surface area (Å²) < 4.78 is 0.793. The Morgan fingerprint density at radius 1 is 1.46 bits per heavy atom. The smallest absolute Gasteiger partial charge is 0.113 e. The van der Waals surface area contributed by atoms with Crippen molar-refractivity contribution in [3.05, 3.63) is 15.5 Å². The molecule has 0 N–H and O–H groups in total. The van der Waals surface area contributed by atoms with Crippen molar-refractivity contribution < 1.29 is 0 Å². The van der Waals surface area contributed by atoms with E-state index in [2.05, 4.69) is 9.88 Å². The van der Waals surface area contributed by atoms with Crippen molar-refractivity contribution in [2.45, 2.75) is 6.54 Å². The van der Waals surface area contributed by atoms with Crippen LogP contribution in [0.3, 0.4) is 0 Å². The van der Waals surface area contributed by atoms with Gasteiger partial charge in [-0.15, -0.1) is 11.3 Å². The first-order valence-electron chi connectivity index (χ1n) is 4.25. The Morgan fingerprint density at radius 3 is 2.85 bits per heavy atom. The highest BCUT2D eigenvalue weighted by Crippen LogP contribution is 2.20. The Hall–Kier alpha value is 0.230. The van der Waals surface area contributed by atoms with Crippen LogP contribution < -0.4 is 0 Å². The molecule has 2 nitrogen and oxygen atoms in total. The first-order valence-corrected chi connectivity index (χ1v) is 6.60. The predicted octanol–water partition coefficient (Wildman–Crippen LogP) is 2.35. The highest BCUT2D eigenvalue weighted by Gasteiger charge is 2.12. The number of hydrogen-bond acceptors (Lipinski definition) is 4. The standard InChI is InChI=1S/C8H11ClN2S2/c9-7-5-10-8(13-7)6-11-1-3-12-4-2-11/h5H,1-4,6H2. The van der Waals surface area contributed by atoms with Crippen LogP contribution in [0, 0.1) is 0 Å². The molecule has 1 aromatic rings. The summed E-state index contributed by atoms with van der Waals surface area (Å²) in [6.45, 7) is 3.33. The second kappa shape index (κ2) is 4.64. The zero-order chi connectivity index (χ0) is 9.10. The largest absolute Gasteiger partial charge is 0.295 e. The van der Waals surface area contributed by atoms with Crippen LogP contribution >= 0.6 is 34.7 Å². The zero-order valence-electron chi connectivity index (χ0n) is 7.20. The number of hydrogen-bond donors (Lipinski definition) is 0. The normalized spacial score (nSPS) is 19.2. The molecule has 13 heavy (non-hydrogen) atoms. The number of thioether (sulfide) groups is 1. The van der Waals surface area contributed by atoms with E-state index in [-0.39, 0.29) is 0 Å². The summed E-state index contributed by atoms with van der Waals surface area (Å²) in [7, 11) is 0. The monoisotopic (exact) mass is 234 g/mol. The van der Waals surface area contributed by atoms with Crippen molar-refractivity contribution in [1.82, 2.24) is 9.88 Å². The van der Waals surface area contributed by atoms with Crippen LogP contribution in [-0.4, -0.2) is 34.5 Å². The number of rotatable bonds is 2. The summed E-state index contributed by atoms with van der Waals surface area (Å²) in [4.78, 5) is 6.68. The molecule has 0 amide bonds. The maximum absolute atomic E-state index is 5.81. The molecular formula is C8H11ClN2S2. The molecule has 0 aromatic carbocycles. The fraction of sp³-hybridized carbons (Fsp3) is 0.625. The quantitative estimate of drug-likeness (QED) is 0.782. The lowest BCUT2D eigenvalue weighted by Crippen LogP contribution is -2.31. The van der Waals surface area contributed by atoms with E-state index in [1.807, 2.05) is 11.8 Å². The summed E-state index contributed by atoms with van der Waals surface area (Å²) in [6.07, 6.45) is 1.74. The molecule has 1 aliphatic rings. The average molecular weight is 235 g/mol. The van der Waals surface area contributed by atoms with Gasteiger partial charge in [0.2, 0.25) is 0 Å². The van der Waals surface area contributed by atoms with Gasteiger partial charge in [0.1, 0.15) is 9.34 Å². The Kier molecular flexibility index (Phi) is 3.49. The van der Waals surface area contributed by atoms with E-state index in [9.17, 15) is 0 Å². The Bertz CT molecular complexity index is 271. The van der Waals surface area contributed by atoms with Gasteiger partial charge in [-0.05, 0) is 0 Å². The van der Waals surface area contributed by atoms with Crippen LogP contribution in [0.1, 0.15) is 5.01 Å². The van der Waals surface area contributed by atoms with E-state index in [0.29, 0.717) is 0 Å². The minimum absolute atomic E-state index is 0.793. The molecule has 72 valence electrons. The molecule has 1 aromatic heterocycles. The molecule has 0 bridgehead atoms. The molecule has 5 heteroatoms. The van der Waals surface area contributed by atoms with Crippen LogP contribution in [0.25, 0.3) is 0 Å². The second-order valence-corrected chi connectivity index (χ2v) is 5.92. The Morgan fingerprint density at radius 2 is 2.23 bits per heavy atom. The lowest BCUT2D eigenvalue weighted by Gasteiger charge is -2.24. The maximum atomic E-state index is 5.81. The summed E-state index contributed by atoms with van der Waals surface area (Å²) in [6, 6.07) is 0. The van der Waals surface area contributed by atoms with Crippen molar-refractivity contribution in [3.8, 4) is 0 Å². The van der Waals surface area contributed by atoms with Gasteiger partial charge < -0.3 is 0 Å². The van der Waals surface area contributed by atoms with Gasteiger partial charge in [0.15, 0.2) is 0 Å². The third kappa shape index (κ3) is 2.84. The average Bonchev–Trinajstić information content (AvgIpc) is 2.53. The molecule has 0 unspecified atom stereocenters. The van der Waals surface area contributed by atoms with E-state index < -0.39 is 0 Å². The zero-order valence-corrected chi connectivity index (χ0v) is 9.59. The highest BCUT2D eigenvalue weighted by molar-refractivity contribution is 7.99. The number of aromatic nitrogens is 1. The van der Waals surface area contributed by atoms with E-state index in [0.717, 1.165) is 15.9 Å². The lowest BCUT2D eigenvalue weighted by molar-refractivity contribution is 0.294. The summed E-state index contributed by atoms with van der Waals surface area (Å²) in [5.74, 6) is 2.50. The molecule has 1 aliphatic heterocycles. The molecule has 1 saturated heterocycles. The van der Waals surface area contributed by atoms with Crippen molar-refractivity contribution in [3.63, 3.8) is 0 Å². The van der Waals surface area contributed by atoms with Crippen LogP contribution in [0.5, 0.6) is 0 Å². The molecule has 0 aliphatic carbocycles. The lowest BCUT2D eigenvalue weighted by atomic mass is 10.5. The van der Waals surface area contributed by atoms with Crippen molar-refractivity contribution >= 4 is 34.7 Å². The molecular weight excluding hydrogens is 224 g/mol. The molecule has 1 fully saturated rings. The summed E-state index contributed by atoms with van der Waals surface area (Å²) in [5, 5.41) is 1.14. The highest BCUT2D eigenvalue weighted by atomic mass is 35.5. The molecule has 0 spiro atoms. The molecule has 0 atom stereocenters. The first-order chi connectivity index (χ1) is 6.34. The van der Waals surface area contributed by atoms with Crippen molar-refractivity contribution in [2.75, 3.05) is 24.6 Å². The van der Waals surface area contributed by atoms with Gasteiger partial charge in [0.05, 0.1) is 12.7 Å². The maximum Gasteiger partial charge on any atom is 0.113 e. The van der Waals surface area contributed by atoms with E-state index >= 15 is 0 Å². The van der Waals surface area contributed by atoms with Crippen LogP contribution in [0.4, 0.5) is 0 Å². The van der Waals surface area contributed by atoms with Crippen LogP contribution in [0.15, 0.2) is 6.20 Å². The summed E-state index contributed by atoms with van der Waals surface area (Å²) >= 11 is 9.43. The Balaban J connectivity index is 1.89. The van der Waals surface area contributed by atoms with Gasteiger partial charge in [-0.2, -0.15) is 11.8 Å². The Labute approximate surface area is 91.3 Å². The van der Waals surface area contributed by atoms with Gasteiger partial charge in [-0.1, -0.05) is 11.6 Å². The minimum Gasteiger partial charge on any atom is -0.295 e. The molecule has 2 rings (SSSR count). The SMILES string of the molecule is Clc1cnc(CN2CCSCC2)s1. The predicted molar refractivity (Wildman–Crippen MR) is 59.7 cm³/mol. The minimum atomic E-state index is 0.793. The van der Waals surface area contributed by atoms with Gasteiger partial charge in [-0.25, -0.2) is 4.98 Å². The van der Waals surface area contributed by atoms with E-state index in [1.165, 1.54) is 24.6 Å². The van der Waals surface area contributed by atoms with Gasteiger partial charge in [0.25, 0.3) is 0 Å². The third-order valence-corrected chi connectivity index (χ3v) is 4.03. The first kappa shape index (κ1) is 9.77. The van der Waals surface area contributed by atoms with Crippen molar-refractivity contribution in [1.29, 1.82) is 0 Å². The fourth-order valence-corrected chi connectivity index (χ4v) is 3.29. The number of halogens is 1. The topological polar surface area (TPSA) is 16.1 Å². The van der Waals surface area contributed by atoms with Crippen LogP contribution in [0.2, 0.25) is 4.34 Å². The molecule has 0 saturated carbocycles. The van der Waals surface area contributed by atoms with Crippen molar-refractivity contribution in [2.24, 2.45) is 0 Å². The molecule has 2 heterocycles. The fourth-order valence-electron chi connectivity index (χ4n) is 1.31. The van der Waals surface area contributed by atoms with Gasteiger partial charge in [0, 0.05) is 24.6 Å². The summed E-state index contributed by atoms with van der Waals surface area (Å²) in [5.41, 5.74) is 0. The third-order valence-electron chi connectivity index (χ3n) is 1.99. The van der Waals surface area contributed by atoms with Gasteiger partial charge >= 0.3 is 0 Å². The number of thiazole rings is 1. The van der Waals surface area contributed by atoms with Gasteiger partial charge in [-0.3, -0.25) is 4.90 Å². The van der Waals surface area contributed by atoms with E-state index in [1.54, 1.807) is 17.5 Å². The number of nitrogens with zero attached hydrogens (tertiary/aromatic N) is 2. The van der Waals surface area contributed by atoms with Crippen LogP contribution in [-0.2, 0) is 6.54 Å².